The fourth-order valence-electron chi connectivity index (χ4n) is 9.96. The van der Waals surface area contributed by atoms with Crippen molar-refractivity contribution >= 4 is 25.1 Å². The largest absolute Gasteiger partial charge is 0.470 e. The van der Waals surface area contributed by atoms with Crippen molar-refractivity contribution in [2.45, 2.75) is 76.7 Å². The van der Waals surface area contributed by atoms with E-state index in [1.165, 1.54) is 0 Å². The zero-order valence-corrected chi connectivity index (χ0v) is 27.8. The molecule has 1 heterocycles. The molecule has 0 bridgehead atoms. The smallest absolute Gasteiger partial charge is 0.398 e. The van der Waals surface area contributed by atoms with Gasteiger partial charge in [0.15, 0.2) is 23.5 Å². The van der Waals surface area contributed by atoms with Gasteiger partial charge < -0.3 is 35.2 Å². The van der Waals surface area contributed by atoms with Gasteiger partial charge in [-0.3, -0.25) is 14.1 Å². The Morgan fingerprint density at radius 3 is 2.67 bits per heavy atom. The van der Waals surface area contributed by atoms with Gasteiger partial charge in [0.2, 0.25) is 0 Å². The minimum absolute atomic E-state index is 0.0190. The van der Waals surface area contributed by atoms with E-state index in [0.717, 1.165) is 23.1 Å². The minimum Gasteiger partial charge on any atom is -0.398 e. The number of ether oxygens (including phenoxy) is 2. The van der Waals surface area contributed by atoms with Gasteiger partial charge in [0.05, 0.1) is 18.8 Å². The van der Waals surface area contributed by atoms with Gasteiger partial charge in [-0.15, -0.1) is 0 Å². The van der Waals surface area contributed by atoms with E-state index in [1.54, 1.807) is 18.2 Å². The highest BCUT2D eigenvalue weighted by atomic mass is 31.2. The van der Waals surface area contributed by atoms with Crippen molar-refractivity contribution in [2.24, 2.45) is 28.6 Å². The Morgan fingerprint density at radius 1 is 1.15 bits per heavy atom. The lowest BCUT2D eigenvalue weighted by molar-refractivity contribution is -0.200. The van der Waals surface area contributed by atoms with E-state index in [0.29, 0.717) is 36.1 Å². The van der Waals surface area contributed by atoms with Crippen molar-refractivity contribution in [3.63, 3.8) is 0 Å². The number of hydrogen-bond acceptors (Lipinski definition) is 9. The molecule has 0 amide bonds. The first kappa shape index (κ1) is 33.5. The molecule has 4 aliphatic carbocycles. The number of Topliss-reactive ketones (excluding diaryl/α,β-unsaturated/α-hetero) is 1. The summed E-state index contributed by atoms with van der Waals surface area (Å²) in [5.74, 6) is -1.01. The molecule has 1 saturated heterocycles. The van der Waals surface area contributed by atoms with Gasteiger partial charge in [-0.25, -0.2) is 4.57 Å². The number of fused-ring (bicyclic) bond motifs is 7. The zero-order valence-electron chi connectivity index (χ0n) is 27.0. The highest BCUT2D eigenvalue weighted by Crippen LogP contribution is 2.70. The molecule has 9 atom stereocenters. The number of nitrogens with two attached hydrogens (primary N) is 1. The second-order valence-electron chi connectivity index (χ2n) is 14.6. The fraction of sp³-hybridized carbons (Fsp3) is 0.500. The molecule has 12 heteroatoms. The van der Waals surface area contributed by atoms with Crippen LogP contribution in [-0.2, 0) is 41.2 Å². The quantitative estimate of drug-likeness (QED) is 0.200. The predicted octanol–water partition coefficient (Wildman–Crippen LogP) is 4.07. The van der Waals surface area contributed by atoms with Crippen LogP contribution in [0.4, 0.5) is 5.69 Å². The number of phosphoric ester groups is 1. The summed E-state index contributed by atoms with van der Waals surface area (Å²) in [6, 6.07) is 13.1. The second-order valence-corrected chi connectivity index (χ2v) is 15.8. The van der Waals surface area contributed by atoms with Crippen LogP contribution in [0, 0.1) is 28.6 Å². The van der Waals surface area contributed by atoms with Crippen LogP contribution in [0.25, 0.3) is 0 Å². The van der Waals surface area contributed by atoms with Crippen LogP contribution in [0.2, 0.25) is 0 Å². The topological polar surface area (TPSA) is 186 Å². The van der Waals surface area contributed by atoms with Gasteiger partial charge in [0.25, 0.3) is 0 Å². The molecule has 256 valence electrons. The van der Waals surface area contributed by atoms with Crippen molar-refractivity contribution in [1.29, 1.82) is 0 Å². The summed E-state index contributed by atoms with van der Waals surface area (Å²) in [5.41, 5.74) is 7.60. The molecule has 2 aromatic rings. The van der Waals surface area contributed by atoms with Gasteiger partial charge in [-0.1, -0.05) is 61.9 Å². The van der Waals surface area contributed by atoms with E-state index in [9.17, 15) is 34.2 Å². The van der Waals surface area contributed by atoms with E-state index < -0.39 is 55.1 Å². The molecule has 0 radical (unpaired) electrons. The van der Waals surface area contributed by atoms with Gasteiger partial charge in [0.1, 0.15) is 6.61 Å². The maximum atomic E-state index is 14.3. The Balaban J connectivity index is 1.22. The molecular weight excluding hydrogens is 637 g/mol. The highest BCUT2D eigenvalue weighted by Gasteiger charge is 2.76. The van der Waals surface area contributed by atoms with E-state index in [-0.39, 0.29) is 36.6 Å². The van der Waals surface area contributed by atoms with E-state index in [2.05, 4.69) is 6.92 Å². The monoisotopic (exact) mass is 679 g/mol. The summed E-state index contributed by atoms with van der Waals surface area (Å²) in [7, 11) is -4.98. The molecular formula is C36H42NO10P. The fourth-order valence-corrected chi connectivity index (χ4v) is 10.2. The number of rotatable bonds is 8. The Labute approximate surface area is 279 Å². The lowest BCUT2D eigenvalue weighted by Crippen LogP contribution is -2.63. The number of aliphatic hydroxyl groups is 2. The number of aliphatic hydroxyl groups excluding tert-OH is 2. The summed E-state index contributed by atoms with van der Waals surface area (Å²) >= 11 is 0. The molecule has 11 nitrogen and oxygen atoms in total. The van der Waals surface area contributed by atoms with Gasteiger partial charge >= 0.3 is 7.82 Å². The molecule has 0 aromatic heterocycles. The summed E-state index contributed by atoms with van der Waals surface area (Å²) in [4.78, 5) is 45.5. The number of nitrogen functional groups attached to an aromatic ring is 1. The number of hydrogen-bond donors (Lipinski definition) is 5. The lowest BCUT2D eigenvalue weighted by Gasteiger charge is -2.59. The summed E-state index contributed by atoms with van der Waals surface area (Å²) < 4.78 is 29.8. The molecule has 4 fully saturated rings. The van der Waals surface area contributed by atoms with Gasteiger partial charge in [-0.05, 0) is 73.3 Å². The maximum Gasteiger partial charge on any atom is 0.470 e. The number of carbonyl (C=O) groups excluding carboxylic acids is 2. The summed E-state index contributed by atoms with van der Waals surface area (Å²) in [6.45, 7) is 2.96. The number of carbonyl (C=O) groups is 2. The second kappa shape index (κ2) is 11.8. The molecule has 0 spiro atoms. The predicted molar refractivity (Wildman–Crippen MR) is 174 cm³/mol. The van der Waals surface area contributed by atoms with Crippen molar-refractivity contribution in [2.75, 3.05) is 12.3 Å². The Hall–Kier alpha value is -2.99. The van der Waals surface area contributed by atoms with E-state index in [1.807, 2.05) is 49.4 Å². The molecule has 5 aliphatic rings. The molecule has 3 saturated carbocycles. The van der Waals surface area contributed by atoms with Crippen LogP contribution < -0.4 is 5.73 Å². The molecule has 48 heavy (non-hydrogen) atoms. The number of phosphoric acid groups is 1. The summed E-state index contributed by atoms with van der Waals surface area (Å²) in [6.07, 6.45) is 5.23. The van der Waals surface area contributed by atoms with Crippen molar-refractivity contribution in [1.82, 2.24) is 0 Å². The van der Waals surface area contributed by atoms with Crippen LogP contribution >= 0.6 is 7.82 Å². The number of ketones is 2. The standard InChI is InChI=1S/C36H42NO10P/c1-34-11-10-25(39)15-24(34)7-8-26-27-16-31-36(30(41)19-45-48(42,43)44,35(27,2)17-29(40)32(26)34)47-33(46-31)22-5-3-4-20(13-22)12-21-6-9-28(37)23(14-21)18-38/h3-6,9-11,13-15,26-27,29,31-33,38,40H,7-8,12,16-19,37H2,1-2H3,(H2,42,43,44)/t26-,27-,29-,31+,32+,33+,34-,35-,36+/m0/s1. The van der Waals surface area contributed by atoms with Crippen LogP contribution in [0.1, 0.15) is 68.1 Å². The van der Waals surface area contributed by atoms with Crippen molar-refractivity contribution < 1.29 is 48.2 Å². The average Bonchev–Trinajstić information content (AvgIpc) is 3.54. The first-order valence-electron chi connectivity index (χ1n) is 16.4. The SMILES string of the molecule is C[C@]12C=CC(=O)C=C1CC[C@@H]1[C@@H]2[C@@H](O)C[C@@]2(C)[C@H]1C[C@H]1O[C@@H](c3cccc(Cc4ccc(N)c(CO)c4)c3)O[C@]12C(=O)COP(=O)(O)O. The normalized spacial score (nSPS) is 37.0. The van der Waals surface area contributed by atoms with Crippen LogP contribution in [0.3, 0.4) is 0 Å². The highest BCUT2D eigenvalue weighted by molar-refractivity contribution is 7.46. The van der Waals surface area contributed by atoms with E-state index >= 15 is 0 Å². The lowest BCUT2D eigenvalue weighted by atomic mass is 9.46. The zero-order chi connectivity index (χ0) is 34.2. The first-order valence-corrected chi connectivity index (χ1v) is 18.0. The Bertz CT molecular complexity index is 1770. The minimum atomic E-state index is -4.98. The maximum absolute atomic E-state index is 14.3. The number of anilines is 1. The third-order valence-corrected chi connectivity index (χ3v) is 12.5. The number of benzene rings is 2. The van der Waals surface area contributed by atoms with Crippen LogP contribution in [0.5, 0.6) is 0 Å². The van der Waals surface area contributed by atoms with E-state index in [4.69, 9.17) is 19.7 Å². The van der Waals surface area contributed by atoms with Gasteiger partial charge in [0, 0.05) is 33.6 Å². The van der Waals surface area contributed by atoms with Crippen LogP contribution in [0.15, 0.2) is 66.3 Å². The first-order chi connectivity index (χ1) is 22.7. The van der Waals surface area contributed by atoms with Crippen LogP contribution in [-0.4, -0.2) is 56.0 Å². The third-order valence-electron chi connectivity index (χ3n) is 12.0. The average molecular weight is 680 g/mol. The van der Waals surface area contributed by atoms with Crippen molar-refractivity contribution in [3.8, 4) is 0 Å². The Morgan fingerprint density at radius 2 is 1.92 bits per heavy atom. The molecule has 0 unspecified atom stereocenters. The van der Waals surface area contributed by atoms with Gasteiger partial charge in [-0.2, -0.15) is 0 Å². The molecule has 6 N–H and O–H groups in total. The summed E-state index contributed by atoms with van der Waals surface area (Å²) in [5, 5.41) is 21.6. The molecule has 2 aromatic carbocycles. The Kier molecular flexibility index (Phi) is 8.25. The molecule has 1 aliphatic heterocycles. The van der Waals surface area contributed by atoms with Crippen molar-refractivity contribution in [3.05, 3.63) is 88.5 Å². The third kappa shape index (κ3) is 5.27. The molecule has 7 rings (SSSR count). The number of allylic oxidation sites excluding steroid dienone is 4.